The van der Waals surface area contributed by atoms with Crippen molar-refractivity contribution in [3.05, 3.63) is 111 Å². The van der Waals surface area contributed by atoms with Gasteiger partial charge >= 0.3 is 0 Å². The number of aryl methyl sites for hydroxylation is 1. The van der Waals surface area contributed by atoms with Crippen LogP contribution < -0.4 is 15.6 Å². The zero-order chi connectivity index (χ0) is 26.6. The molecule has 190 valence electrons. The number of rotatable bonds is 7. The minimum absolute atomic E-state index is 0.118. The maximum Gasteiger partial charge on any atom is 0.277 e. The Labute approximate surface area is 227 Å². The molecule has 0 saturated carbocycles. The first-order chi connectivity index (χ1) is 18.4. The van der Waals surface area contributed by atoms with Crippen LogP contribution in [0.5, 0.6) is 5.75 Å². The fraction of sp³-hybridized carbons (Fsp3) is 0.0714. The zero-order valence-corrected chi connectivity index (χ0v) is 21.5. The molecule has 1 amide bonds. The summed E-state index contributed by atoms with van der Waals surface area (Å²) in [7, 11) is 0. The van der Waals surface area contributed by atoms with Crippen molar-refractivity contribution in [3.8, 4) is 22.7 Å². The van der Waals surface area contributed by atoms with Gasteiger partial charge in [0.2, 0.25) is 5.43 Å². The third kappa shape index (κ3) is 5.32. The van der Waals surface area contributed by atoms with Crippen LogP contribution in [-0.2, 0) is 4.79 Å². The summed E-state index contributed by atoms with van der Waals surface area (Å²) in [5.41, 5.74) is 5.84. The van der Waals surface area contributed by atoms with E-state index >= 15 is 0 Å². The summed E-state index contributed by atoms with van der Waals surface area (Å²) in [5.74, 6) is -0.00282. The molecular formula is C28H20Cl2N4O4. The first-order valence-electron chi connectivity index (χ1n) is 11.5. The molecule has 0 fully saturated rings. The number of fused-ring (bicyclic) bond motifs is 1. The number of nitrogens with zero attached hydrogens (tertiary/aromatic N) is 3. The summed E-state index contributed by atoms with van der Waals surface area (Å²) in [4.78, 5) is 25.2. The van der Waals surface area contributed by atoms with Crippen LogP contribution in [0.25, 0.3) is 27.9 Å². The molecule has 3 aromatic carbocycles. The number of hydrogen-bond donors (Lipinski definition) is 1. The minimum atomic E-state index is -0.513. The van der Waals surface area contributed by atoms with Gasteiger partial charge in [-0.25, -0.2) is 10.1 Å². The van der Waals surface area contributed by atoms with Gasteiger partial charge in [0, 0.05) is 10.6 Å². The van der Waals surface area contributed by atoms with Gasteiger partial charge in [0.25, 0.3) is 5.91 Å². The van der Waals surface area contributed by atoms with E-state index in [0.717, 1.165) is 22.5 Å². The fourth-order valence-electron chi connectivity index (χ4n) is 3.87. The predicted molar refractivity (Wildman–Crippen MR) is 147 cm³/mol. The molecule has 38 heavy (non-hydrogen) atoms. The van der Waals surface area contributed by atoms with Crippen molar-refractivity contribution in [2.45, 2.75) is 6.92 Å². The Morgan fingerprint density at radius 1 is 1.13 bits per heavy atom. The van der Waals surface area contributed by atoms with Crippen LogP contribution in [0, 0.1) is 6.92 Å². The molecular weight excluding hydrogens is 527 g/mol. The zero-order valence-electron chi connectivity index (χ0n) is 20.0. The van der Waals surface area contributed by atoms with Crippen LogP contribution in [0.2, 0.25) is 10.0 Å². The molecule has 8 nitrogen and oxygen atoms in total. The summed E-state index contributed by atoms with van der Waals surface area (Å²) >= 11 is 12.1. The number of hydrogen-bond acceptors (Lipinski definition) is 6. The number of aromatic nitrogens is 2. The summed E-state index contributed by atoms with van der Waals surface area (Å²) in [6, 6.07) is 20.2. The van der Waals surface area contributed by atoms with Crippen LogP contribution in [-0.4, -0.2) is 28.5 Å². The van der Waals surface area contributed by atoms with E-state index < -0.39 is 5.91 Å². The van der Waals surface area contributed by atoms with Gasteiger partial charge in [0.15, 0.2) is 12.2 Å². The van der Waals surface area contributed by atoms with E-state index in [-0.39, 0.29) is 33.6 Å². The van der Waals surface area contributed by atoms with Gasteiger partial charge < -0.3 is 9.15 Å². The highest BCUT2D eigenvalue weighted by Crippen LogP contribution is 2.32. The number of carbonyl (C=O) groups excluding carboxylic acids is 1. The Morgan fingerprint density at radius 2 is 1.95 bits per heavy atom. The van der Waals surface area contributed by atoms with Crippen LogP contribution in [0.15, 0.2) is 93.5 Å². The molecule has 2 heterocycles. The van der Waals surface area contributed by atoms with Crippen molar-refractivity contribution in [3.63, 3.8) is 0 Å². The Morgan fingerprint density at radius 3 is 2.76 bits per heavy atom. The van der Waals surface area contributed by atoms with Crippen molar-refractivity contribution >= 4 is 46.3 Å². The maximum absolute atomic E-state index is 12.7. The van der Waals surface area contributed by atoms with Crippen molar-refractivity contribution in [2.75, 3.05) is 6.61 Å². The largest absolute Gasteiger partial charge is 0.483 e. The topological polar surface area (TPSA) is 98.7 Å². The molecule has 0 atom stereocenters. The van der Waals surface area contributed by atoms with Gasteiger partial charge in [0.1, 0.15) is 12.0 Å². The highest BCUT2D eigenvalue weighted by molar-refractivity contribution is 6.38. The third-order valence-corrected chi connectivity index (χ3v) is 6.12. The Hall–Kier alpha value is -4.40. The number of carbonyl (C=O) groups is 1. The van der Waals surface area contributed by atoms with Crippen molar-refractivity contribution in [2.24, 2.45) is 5.10 Å². The summed E-state index contributed by atoms with van der Waals surface area (Å²) < 4.78 is 13.1. The van der Waals surface area contributed by atoms with E-state index in [1.54, 1.807) is 12.3 Å². The second kappa shape index (κ2) is 10.9. The molecule has 10 heteroatoms. The number of amides is 1. The molecule has 2 aromatic heterocycles. The van der Waals surface area contributed by atoms with E-state index in [0.29, 0.717) is 10.8 Å². The maximum atomic E-state index is 12.7. The lowest BCUT2D eigenvalue weighted by Gasteiger charge is -2.14. The second-order valence-corrected chi connectivity index (χ2v) is 9.17. The van der Waals surface area contributed by atoms with Crippen LogP contribution >= 0.6 is 23.2 Å². The van der Waals surface area contributed by atoms with E-state index in [1.165, 1.54) is 24.6 Å². The van der Waals surface area contributed by atoms with E-state index in [2.05, 4.69) is 15.6 Å². The second-order valence-electron chi connectivity index (χ2n) is 8.33. The number of benzene rings is 3. The molecule has 0 aliphatic heterocycles. The van der Waals surface area contributed by atoms with Gasteiger partial charge in [0.05, 0.1) is 39.8 Å². The molecule has 5 aromatic rings. The van der Waals surface area contributed by atoms with Crippen LogP contribution in [0.1, 0.15) is 11.1 Å². The number of para-hydroxylation sites is 1. The summed E-state index contributed by atoms with van der Waals surface area (Å²) in [6.07, 6.45) is 4.11. The molecule has 0 aliphatic carbocycles. The Balaban J connectivity index is 1.30. The van der Waals surface area contributed by atoms with Gasteiger partial charge in [-0.05, 0) is 49.4 Å². The lowest BCUT2D eigenvalue weighted by Crippen LogP contribution is -2.25. The highest BCUT2D eigenvalue weighted by atomic mass is 35.5. The molecule has 0 bridgehead atoms. The number of hydrazone groups is 1. The first kappa shape index (κ1) is 25.3. The average molecular weight is 547 g/mol. The fourth-order valence-corrected chi connectivity index (χ4v) is 4.41. The molecule has 1 N–H and O–H groups in total. The van der Waals surface area contributed by atoms with Crippen LogP contribution in [0.4, 0.5) is 0 Å². The molecule has 5 rings (SSSR count). The number of ether oxygens (including phenoxy) is 1. The number of halogens is 2. The van der Waals surface area contributed by atoms with Crippen molar-refractivity contribution in [1.82, 2.24) is 15.2 Å². The van der Waals surface area contributed by atoms with E-state index in [4.69, 9.17) is 32.4 Å². The lowest BCUT2D eigenvalue weighted by molar-refractivity contribution is -0.123. The smallest absolute Gasteiger partial charge is 0.277 e. The molecule has 0 saturated heterocycles. The van der Waals surface area contributed by atoms with E-state index in [9.17, 15) is 9.59 Å². The van der Waals surface area contributed by atoms with Crippen molar-refractivity contribution in [1.29, 1.82) is 0 Å². The third-order valence-electron chi connectivity index (χ3n) is 5.63. The SMILES string of the molecule is Cc1ccc(OCC(=O)N/N=C/c2coc3c(Cl)cc(Cl)cc3c2=O)c(-c2ccnn2-c2ccccc2)c1. The Bertz CT molecular complexity index is 1730. The molecule has 0 radical (unpaired) electrons. The van der Waals surface area contributed by atoms with E-state index in [1.807, 2.05) is 60.1 Å². The van der Waals surface area contributed by atoms with Crippen molar-refractivity contribution < 1.29 is 13.9 Å². The molecule has 0 unspecified atom stereocenters. The summed E-state index contributed by atoms with van der Waals surface area (Å²) in [6.45, 7) is 1.67. The Kier molecular flexibility index (Phi) is 7.26. The monoisotopic (exact) mass is 546 g/mol. The van der Waals surface area contributed by atoms with Crippen LogP contribution in [0.3, 0.4) is 0 Å². The number of nitrogens with one attached hydrogen (secondary N) is 1. The van der Waals surface area contributed by atoms with Gasteiger partial charge in [-0.2, -0.15) is 10.2 Å². The quantitative estimate of drug-likeness (QED) is 0.206. The molecule has 0 aliphatic rings. The average Bonchev–Trinajstić information content (AvgIpc) is 3.40. The normalized spacial score (nSPS) is 11.2. The van der Waals surface area contributed by atoms with Gasteiger partial charge in [-0.15, -0.1) is 0 Å². The standard InChI is InChI=1S/C28H20Cl2N4O4/c1-17-7-8-25(21(11-17)24-9-10-32-34(24)20-5-3-2-4-6-20)37-16-26(35)33-31-14-18-15-38-28-22(27(18)36)12-19(29)13-23(28)30/h2-15H,16H2,1H3,(H,33,35)/b31-14+. The lowest BCUT2D eigenvalue weighted by atomic mass is 10.1. The highest BCUT2D eigenvalue weighted by Gasteiger charge is 2.15. The minimum Gasteiger partial charge on any atom is -0.483 e. The summed E-state index contributed by atoms with van der Waals surface area (Å²) in [5, 5.41) is 9.05. The first-order valence-corrected chi connectivity index (χ1v) is 12.2. The predicted octanol–water partition coefficient (Wildman–Crippen LogP) is 5.79. The van der Waals surface area contributed by atoms with Gasteiger partial charge in [-0.1, -0.05) is 53.0 Å². The molecule has 0 spiro atoms. The van der Waals surface area contributed by atoms with Gasteiger partial charge in [-0.3, -0.25) is 9.59 Å².